The number of nitrogens with two attached hydrogens (primary N) is 1. The predicted octanol–water partition coefficient (Wildman–Crippen LogP) is 2.84. The molecule has 0 radical (unpaired) electrons. The van der Waals surface area contributed by atoms with Gasteiger partial charge in [-0.15, -0.1) is 0 Å². The Kier molecular flexibility index (Phi) is 5.17. The third kappa shape index (κ3) is 3.24. The van der Waals surface area contributed by atoms with Crippen molar-refractivity contribution in [1.29, 1.82) is 0 Å². The molecule has 0 aliphatic carbocycles. The standard InChI is InChI=1S/C14H21ClN2O/c1-9(2)13(16)14(18)17(4)10(3)11-7-5-6-8-12(11)15/h5-10,13H,16H2,1-4H3/t10?,13-/m1/s1. The van der Waals surface area contributed by atoms with Crippen molar-refractivity contribution in [1.82, 2.24) is 4.90 Å². The molecule has 4 heteroatoms. The van der Waals surface area contributed by atoms with Crippen LogP contribution in [0.2, 0.25) is 5.02 Å². The number of hydrogen-bond acceptors (Lipinski definition) is 2. The minimum atomic E-state index is -0.472. The van der Waals surface area contributed by atoms with Crippen molar-refractivity contribution >= 4 is 17.5 Å². The number of likely N-dealkylation sites (N-methyl/N-ethyl adjacent to an activating group) is 1. The number of nitrogens with zero attached hydrogens (tertiary/aromatic N) is 1. The highest BCUT2D eigenvalue weighted by Crippen LogP contribution is 2.26. The highest BCUT2D eigenvalue weighted by molar-refractivity contribution is 6.31. The van der Waals surface area contributed by atoms with Crippen LogP contribution in [-0.2, 0) is 4.79 Å². The fraction of sp³-hybridized carbons (Fsp3) is 0.500. The van der Waals surface area contributed by atoms with E-state index in [1.165, 1.54) is 0 Å². The molecular weight excluding hydrogens is 248 g/mol. The summed E-state index contributed by atoms with van der Waals surface area (Å²) in [6.07, 6.45) is 0. The van der Waals surface area contributed by atoms with Crippen LogP contribution >= 0.6 is 11.6 Å². The molecule has 0 heterocycles. The summed E-state index contributed by atoms with van der Waals surface area (Å²) < 4.78 is 0. The molecule has 0 fully saturated rings. The molecule has 1 unspecified atom stereocenters. The Bertz CT molecular complexity index is 420. The van der Waals surface area contributed by atoms with E-state index in [2.05, 4.69) is 0 Å². The Morgan fingerprint density at radius 1 is 1.28 bits per heavy atom. The second-order valence-corrected chi connectivity index (χ2v) is 5.32. The number of carbonyl (C=O) groups is 1. The lowest BCUT2D eigenvalue weighted by atomic mass is 10.0. The highest BCUT2D eigenvalue weighted by atomic mass is 35.5. The zero-order valence-corrected chi connectivity index (χ0v) is 12.1. The molecule has 100 valence electrons. The summed E-state index contributed by atoms with van der Waals surface area (Å²) in [5.74, 6) is 0.0656. The molecular formula is C14H21ClN2O. The lowest BCUT2D eigenvalue weighted by molar-refractivity contribution is -0.134. The highest BCUT2D eigenvalue weighted by Gasteiger charge is 2.25. The topological polar surface area (TPSA) is 46.3 Å². The predicted molar refractivity (Wildman–Crippen MR) is 75.5 cm³/mol. The Balaban J connectivity index is 2.88. The summed E-state index contributed by atoms with van der Waals surface area (Å²) in [6.45, 7) is 5.83. The fourth-order valence-electron chi connectivity index (χ4n) is 1.73. The normalized spacial score (nSPS) is 14.4. The molecule has 0 aromatic heterocycles. The molecule has 2 N–H and O–H groups in total. The van der Waals surface area contributed by atoms with Crippen molar-refractivity contribution in [3.05, 3.63) is 34.9 Å². The average Bonchev–Trinajstić information content (AvgIpc) is 2.35. The van der Waals surface area contributed by atoms with E-state index < -0.39 is 6.04 Å². The van der Waals surface area contributed by atoms with Gasteiger partial charge < -0.3 is 10.6 Å². The number of halogens is 1. The third-order valence-corrected chi connectivity index (χ3v) is 3.63. The zero-order valence-electron chi connectivity index (χ0n) is 11.4. The summed E-state index contributed by atoms with van der Waals surface area (Å²) in [5, 5.41) is 0.669. The summed E-state index contributed by atoms with van der Waals surface area (Å²) >= 11 is 6.14. The molecule has 0 aliphatic heterocycles. The summed E-state index contributed by atoms with van der Waals surface area (Å²) in [5.41, 5.74) is 6.83. The van der Waals surface area contributed by atoms with Gasteiger partial charge in [-0.25, -0.2) is 0 Å². The van der Waals surface area contributed by atoms with E-state index in [0.29, 0.717) is 5.02 Å². The average molecular weight is 269 g/mol. The van der Waals surface area contributed by atoms with Gasteiger partial charge in [0.1, 0.15) is 0 Å². The SMILES string of the molecule is CC(C)[C@@H](N)C(=O)N(C)C(C)c1ccccc1Cl. The molecule has 1 amide bonds. The van der Waals surface area contributed by atoms with E-state index in [1.807, 2.05) is 45.0 Å². The fourth-order valence-corrected chi connectivity index (χ4v) is 2.03. The van der Waals surface area contributed by atoms with E-state index in [9.17, 15) is 4.79 Å². The monoisotopic (exact) mass is 268 g/mol. The summed E-state index contributed by atoms with van der Waals surface area (Å²) in [4.78, 5) is 13.8. The van der Waals surface area contributed by atoms with E-state index in [4.69, 9.17) is 17.3 Å². The summed E-state index contributed by atoms with van der Waals surface area (Å²) in [7, 11) is 1.76. The number of benzene rings is 1. The van der Waals surface area contributed by atoms with Crippen LogP contribution in [0.15, 0.2) is 24.3 Å². The second-order valence-electron chi connectivity index (χ2n) is 4.92. The van der Waals surface area contributed by atoms with E-state index in [-0.39, 0.29) is 17.9 Å². The van der Waals surface area contributed by atoms with Crippen LogP contribution < -0.4 is 5.73 Å². The molecule has 0 saturated heterocycles. The summed E-state index contributed by atoms with van der Waals surface area (Å²) in [6, 6.07) is 6.99. The lowest BCUT2D eigenvalue weighted by Crippen LogP contribution is -2.45. The first-order valence-electron chi connectivity index (χ1n) is 6.13. The van der Waals surface area contributed by atoms with Crippen molar-refractivity contribution in [2.75, 3.05) is 7.05 Å². The van der Waals surface area contributed by atoms with Gasteiger partial charge in [-0.1, -0.05) is 43.6 Å². The van der Waals surface area contributed by atoms with Crippen LogP contribution in [0.25, 0.3) is 0 Å². The quantitative estimate of drug-likeness (QED) is 0.913. The first-order valence-corrected chi connectivity index (χ1v) is 6.50. The molecule has 0 spiro atoms. The lowest BCUT2D eigenvalue weighted by Gasteiger charge is -2.29. The van der Waals surface area contributed by atoms with Gasteiger partial charge in [0.2, 0.25) is 5.91 Å². The van der Waals surface area contributed by atoms with Gasteiger partial charge in [0.25, 0.3) is 0 Å². The van der Waals surface area contributed by atoms with Gasteiger partial charge in [-0.3, -0.25) is 4.79 Å². The van der Waals surface area contributed by atoms with Crippen LogP contribution in [-0.4, -0.2) is 23.9 Å². The van der Waals surface area contributed by atoms with Crippen molar-refractivity contribution in [2.24, 2.45) is 11.7 Å². The van der Waals surface area contributed by atoms with Gasteiger partial charge in [0, 0.05) is 12.1 Å². The maximum atomic E-state index is 12.2. The van der Waals surface area contributed by atoms with Gasteiger partial charge in [-0.2, -0.15) is 0 Å². The third-order valence-electron chi connectivity index (χ3n) is 3.29. The maximum absolute atomic E-state index is 12.2. The van der Waals surface area contributed by atoms with Crippen molar-refractivity contribution in [3.63, 3.8) is 0 Å². The van der Waals surface area contributed by atoms with Crippen molar-refractivity contribution in [3.8, 4) is 0 Å². The first kappa shape index (κ1) is 15.0. The van der Waals surface area contributed by atoms with Crippen LogP contribution in [0.3, 0.4) is 0 Å². The van der Waals surface area contributed by atoms with Crippen LogP contribution in [0.5, 0.6) is 0 Å². The Labute approximate surface area is 114 Å². The number of carbonyl (C=O) groups excluding carboxylic acids is 1. The van der Waals surface area contributed by atoms with Crippen molar-refractivity contribution < 1.29 is 4.79 Å². The van der Waals surface area contributed by atoms with Gasteiger partial charge in [0.05, 0.1) is 12.1 Å². The molecule has 0 bridgehead atoms. The molecule has 2 atom stereocenters. The molecule has 1 aromatic rings. The van der Waals surface area contributed by atoms with E-state index >= 15 is 0 Å². The zero-order chi connectivity index (χ0) is 13.9. The van der Waals surface area contributed by atoms with Crippen LogP contribution in [0.1, 0.15) is 32.4 Å². The smallest absolute Gasteiger partial charge is 0.239 e. The van der Waals surface area contributed by atoms with E-state index in [1.54, 1.807) is 11.9 Å². The number of rotatable bonds is 4. The molecule has 0 saturated carbocycles. The Morgan fingerprint density at radius 2 is 1.83 bits per heavy atom. The second kappa shape index (κ2) is 6.21. The van der Waals surface area contributed by atoms with Crippen LogP contribution in [0.4, 0.5) is 0 Å². The Hall–Kier alpha value is -1.06. The molecule has 1 rings (SSSR count). The van der Waals surface area contributed by atoms with Crippen molar-refractivity contribution in [2.45, 2.75) is 32.9 Å². The molecule has 18 heavy (non-hydrogen) atoms. The largest absolute Gasteiger partial charge is 0.338 e. The minimum Gasteiger partial charge on any atom is -0.338 e. The Morgan fingerprint density at radius 3 is 2.33 bits per heavy atom. The minimum absolute atomic E-state index is 0.0579. The molecule has 1 aromatic carbocycles. The number of hydrogen-bond donors (Lipinski definition) is 1. The molecule has 0 aliphatic rings. The number of amides is 1. The first-order chi connectivity index (χ1) is 8.36. The maximum Gasteiger partial charge on any atom is 0.239 e. The van der Waals surface area contributed by atoms with Gasteiger partial charge in [-0.05, 0) is 24.5 Å². The molecule has 3 nitrogen and oxygen atoms in total. The van der Waals surface area contributed by atoms with Crippen LogP contribution in [0, 0.1) is 5.92 Å². The van der Waals surface area contributed by atoms with E-state index in [0.717, 1.165) is 5.56 Å². The van der Waals surface area contributed by atoms with Gasteiger partial charge >= 0.3 is 0 Å². The van der Waals surface area contributed by atoms with Gasteiger partial charge in [0.15, 0.2) is 0 Å².